The molecule has 0 fully saturated rings. The van der Waals surface area contributed by atoms with Gasteiger partial charge in [0.2, 0.25) is 0 Å². The zero-order valence-electron chi connectivity index (χ0n) is 4.82. The molecule has 0 unspecified atom stereocenters. The van der Waals surface area contributed by atoms with Gasteiger partial charge in [0.1, 0.15) is 6.26 Å². The Kier molecular flexibility index (Phi) is 2.04. The normalized spacial score (nSPS) is 16.3. The van der Waals surface area contributed by atoms with Crippen LogP contribution in [0.3, 0.4) is 0 Å². The van der Waals surface area contributed by atoms with Crippen molar-refractivity contribution < 1.29 is 9.94 Å². The molecule has 0 aromatic rings. The van der Waals surface area contributed by atoms with Gasteiger partial charge in [-0.15, -0.1) is 0 Å². The van der Waals surface area contributed by atoms with E-state index < -0.39 is 0 Å². The molecule has 0 aromatic heterocycles. The van der Waals surface area contributed by atoms with Gasteiger partial charge in [0.25, 0.3) is 0 Å². The second-order valence-electron chi connectivity index (χ2n) is 1.57. The average Bonchev–Trinajstić information content (AvgIpc) is 2.13. The summed E-state index contributed by atoms with van der Waals surface area (Å²) in [6.07, 6.45) is 6.35. The van der Waals surface area contributed by atoms with E-state index in [1.54, 1.807) is 12.2 Å². The van der Waals surface area contributed by atoms with Crippen molar-refractivity contribution >= 4 is 6.21 Å². The maximum absolute atomic E-state index is 8.56. The van der Waals surface area contributed by atoms with E-state index in [9.17, 15) is 0 Å². The van der Waals surface area contributed by atoms with Gasteiger partial charge in [-0.05, 0) is 6.08 Å². The first-order valence-electron chi connectivity index (χ1n) is 2.59. The first-order chi connectivity index (χ1) is 4.43. The van der Waals surface area contributed by atoms with Gasteiger partial charge >= 0.3 is 0 Å². The third-order valence-electron chi connectivity index (χ3n) is 0.905. The average molecular weight is 125 g/mol. The van der Waals surface area contributed by atoms with Crippen LogP contribution in [0.2, 0.25) is 0 Å². The molecule has 0 radical (unpaired) electrons. The molecule has 1 rings (SSSR count). The Morgan fingerprint density at radius 1 is 1.67 bits per heavy atom. The van der Waals surface area contributed by atoms with Gasteiger partial charge in [0.05, 0.1) is 12.8 Å². The second-order valence-corrected chi connectivity index (χ2v) is 1.57. The van der Waals surface area contributed by atoms with Crippen molar-refractivity contribution in [3.8, 4) is 0 Å². The monoisotopic (exact) mass is 125 g/mol. The van der Waals surface area contributed by atoms with Gasteiger partial charge in [-0.25, -0.2) is 0 Å². The minimum absolute atomic E-state index is 0.0140. The highest BCUT2D eigenvalue weighted by molar-refractivity contribution is 5.71. The number of allylic oxidation sites excluding steroid dienone is 1. The Morgan fingerprint density at radius 3 is 3.33 bits per heavy atom. The predicted molar refractivity (Wildman–Crippen MR) is 33.9 cm³/mol. The second kappa shape index (κ2) is 3.04. The lowest BCUT2D eigenvalue weighted by molar-refractivity contribution is 0.260. The van der Waals surface area contributed by atoms with Crippen molar-refractivity contribution in [1.82, 2.24) is 0 Å². The SMILES string of the molecule is OCC1=CON=CC=C1. The fourth-order valence-electron chi connectivity index (χ4n) is 0.464. The number of rotatable bonds is 1. The van der Waals surface area contributed by atoms with Crippen molar-refractivity contribution in [2.45, 2.75) is 0 Å². The van der Waals surface area contributed by atoms with Crippen molar-refractivity contribution in [1.29, 1.82) is 0 Å². The molecule has 0 aromatic carbocycles. The Bertz CT molecular complexity index is 170. The van der Waals surface area contributed by atoms with E-state index in [0.29, 0.717) is 5.57 Å². The highest BCUT2D eigenvalue weighted by Gasteiger charge is 1.89. The van der Waals surface area contributed by atoms with Gasteiger partial charge in [-0.1, -0.05) is 11.2 Å². The molecule has 0 aliphatic carbocycles. The van der Waals surface area contributed by atoms with Crippen LogP contribution in [0, 0.1) is 0 Å². The van der Waals surface area contributed by atoms with Crippen LogP contribution in [-0.2, 0) is 4.84 Å². The molecule has 0 saturated heterocycles. The minimum Gasteiger partial charge on any atom is -0.392 e. The molecular formula is C6H7NO2. The number of hydrogen-bond donors (Lipinski definition) is 1. The van der Waals surface area contributed by atoms with Crippen LogP contribution in [0.25, 0.3) is 0 Å². The van der Waals surface area contributed by atoms with Crippen LogP contribution in [0.4, 0.5) is 0 Å². The van der Waals surface area contributed by atoms with Crippen LogP contribution in [0.1, 0.15) is 0 Å². The Labute approximate surface area is 52.9 Å². The van der Waals surface area contributed by atoms with Crippen LogP contribution in [-0.4, -0.2) is 17.9 Å². The summed E-state index contributed by atoms with van der Waals surface area (Å²) in [5, 5.41) is 12.0. The molecule has 9 heavy (non-hydrogen) atoms. The largest absolute Gasteiger partial charge is 0.392 e. The standard InChI is InChI=1S/C6H7NO2/c8-4-6-2-1-3-7-9-5-6/h1-3,5,8H,4H2. The Morgan fingerprint density at radius 2 is 2.56 bits per heavy atom. The summed E-state index contributed by atoms with van der Waals surface area (Å²) in [7, 11) is 0. The fraction of sp³-hybridized carbons (Fsp3) is 0.167. The first-order valence-corrected chi connectivity index (χ1v) is 2.59. The number of hydrogen-bond acceptors (Lipinski definition) is 3. The molecule has 48 valence electrons. The van der Waals surface area contributed by atoms with E-state index in [1.807, 2.05) is 0 Å². The Hall–Kier alpha value is -1.09. The quantitative estimate of drug-likeness (QED) is 0.552. The molecule has 0 amide bonds. The smallest absolute Gasteiger partial charge is 0.127 e. The molecule has 0 saturated carbocycles. The van der Waals surface area contributed by atoms with Crippen molar-refractivity contribution in [3.05, 3.63) is 24.0 Å². The molecule has 1 heterocycles. The zero-order valence-corrected chi connectivity index (χ0v) is 4.82. The highest BCUT2D eigenvalue weighted by atomic mass is 16.6. The van der Waals surface area contributed by atoms with Gasteiger partial charge in [-0.2, -0.15) is 0 Å². The van der Waals surface area contributed by atoms with Gasteiger partial charge in [-0.3, -0.25) is 0 Å². The third-order valence-corrected chi connectivity index (χ3v) is 0.905. The van der Waals surface area contributed by atoms with E-state index in [0.717, 1.165) is 0 Å². The predicted octanol–water partition coefficient (Wildman–Crippen LogP) is 0.435. The van der Waals surface area contributed by atoms with Gasteiger partial charge < -0.3 is 9.94 Å². The van der Waals surface area contributed by atoms with E-state index >= 15 is 0 Å². The van der Waals surface area contributed by atoms with E-state index in [2.05, 4.69) is 9.99 Å². The third kappa shape index (κ3) is 1.70. The van der Waals surface area contributed by atoms with Gasteiger partial charge in [0.15, 0.2) is 0 Å². The van der Waals surface area contributed by atoms with Crippen LogP contribution < -0.4 is 0 Å². The van der Waals surface area contributed by atoms with E-state index in [4.69, 9.17) is 5.11 Å². The molecule has 0 spiro atoms. The Balaban J connectivity index is 2.63. The summed E-state index contributed by atoms with van der Waals surface area (Å²) in [6, 6.07) is 0. The maximum atomic E-state index is 8.56. The lowest BCUT2D eigenvalue weighted by Crippen LogP contribution is -1.84. The summed E-state index contributed by atoms with van der Waals surface area (Å²) in [4.78, 5) is 4.58. The molecule has 1 aliphatic heterocycles. The molecule has 3 heteroatoms. The molecular weight excluding hydrogens is 118 g/mol. The summed E-state index contributed by atoms with van der Waals surface area (Å²) in [5.41, 5.74) is 0.715. The van der Waals surface area contributed by atoms with Crippen LogP contribution >= 0.6 is 0 Å². The van der Waals surface area contributed by atoms with Crippen LogP contribution in [0.15, 0.2) is 29.1 Å². The summed E-state index contributed by atoms with van der Waals surface area (Å²) in [5.74, 6) is 0. The minimum atomic E-state index is -0.0140. The van der Waals surface area contributed by atoms with Crippen molar-refractivity contribution in [2.75, 3.05) is 6.61 Å². The first kappa shape index (κ1) is 6.04. The highest BCUT2D eigenvalue weighted by Crippen LogP contribution is 1.98. The van der Waals surface area contributed by atoms with Crippen molar-refractivity contribution in [3.63, 3.8) is 0 Å². The molecule has 1 aliphatic rings. The molecule has 3 nitrogen and oxygen atoms in total. The number of oxime groups is 1. The van der Waals surface area contributed by atoms with E-state index in [-0.39, 0.29) is 6.61 Å². The van der Waals surface area contributed by atoms with Gasteiger partial charge in [0, 0.05) is 5.57 Å². The van der Waals surface area contributed by atoms with Crippen LogP contribution in [0.5, 0.6) is 0 Å². The summed E-state index contributed by atoms with van der Waals surface area (Å²) in [6.45, 7) is -0.0140. The fourth-order valence-corrected chi connectivity index (χ4v) is 0.464. The van der Waals surface area contributed by atoms with Crippen molar-refractivity contribution in [2.24, 2.45) is 5.16 Å². The lowest BCUT2D eigenvalue weighted by Gasteiger charge is -1.89. The number of aliphatic hydroxyl groups excluding tert-OH is 1. The zero-order chi connectivity index (χ0) is 6.53. The van der Waals surface area contributed by atoms with E-state index in [1.165, 1.54) is 12.5 Å². The number of nitrogens with zero attached hydrogens (tertiary/aromatic N) is 1. The number of aliphatic hydroxyl groups is 1. The lowest BCUT2D eigenvalue weighted by atomic mass is 10.3. The molecule has 1 N–H and O–H groups in total. The topological polar surface area (TPSA) is 41.8 Å². The summed E-state index contributed by atoms with van der Waals surface area (Å²) < 4.78 is 0. The summed E-state index contributed by atoms with van der Waals surface area (Å²) >= 11 is 0. The maximum Gasteiger partial charge on any atom is 0.127 e. The molecule has 0 atom stereocenters. The molecule has 0 bridgehead atoms.